The van der Waals surface area contributed by atoms with Gasteiger partial charge in [-0.05, 0) is 42.5 Å². The third-order valence-corrected chi connectivity index (χ3v) is 5.31. The van der Waals surface area contributed by atoms with Gasteiger partial charge < -0.3 is 5.32 Å². The average molecular weight is 425 g/mol. The topological polar surface area (TPSA) is 61.8 Å². The molecule has 2 amide bonds. The van der Waals surface area contributed by atoms with Crippen molar-refractivity contribution in [3.63, 3.8) is 0 Å². The summed E-state index contributed by atoms with van der Waals surface area (Å²) in [5.41, 5.74) is -0.485. The van der Waals surface area contributed by atoms with Gasteiger partial charge in [0.1, 0.15) is 11.1 Å². The van der Waals surface area contributed by atoms with Gasteiger partial charge in [-0.1, -0.05) is 17.8 Å². The molecule has 0 spiro atoms. The normalized spacial score (nSPS) is 18.8. The van der Waals surface area contributed by atoms with Gasteiger partial charge in [0.25, 0.3) is 0 Å². The smallest absolute Gasteiger partial charge is 0.325 e. The predicted molar refractivity (Wildman–Crippen MR) is 102 cm³/mol. The van der Waals surface area contributed by atoms with E-state index >= 15 is 0 Å². The van der Waals surface area contributed by atoms with Gasteiger partial charge in [-0.15, -0.1) is 0 Å². The summed E-state index contributed by atoms with van der Waals surface area (Å²) in [6.07, 6.45) is -4.62. The minimum atomic E-state index is -4.52. The second-order valence-corrected chi connectivity index (χ2v) is 7.37. The van der Waals surface area contributed by atoms with E-state index in [1.807, 2.05) is 0 Å². The van der Waals surface area contributed by atoms with E-state index < -0.39 is 34.6 Å². The van der Waals surface area contributed by atoms with E-state index in [9.17, 15) is 27.2 Å². The van der Waals surface area contributed by atoms with Crippen molar-refractivity contribution in [2.45, 2.75) is 17.8 Å². The molecule has 0 bridgehead atoms. The Bertz CT molecular complexity index is 961. The number of nitrogens with zero attached hydrogens (tertiary/aromatic N) is 2. The molecule has 10 heteroatoms. The van der Waals surface area contributed by atoms with Crippen LogP contribution in [0.5, 0.6) is 0 Å². The molecule has 1 N–H and O–H groups in total. The number of aliphatic imine (C=N–C) groups is 1. The zero-order valence-electron chi connectivity index (χ0n) is 15.0. The fraction of sp³-hybridized carbons (Fsp3) is 0.211. The lowest BCUT2D eigenvalue weighted by Gasteiger charge is -2.28. The van der Waals surface area contributed by atoms with E-state index in [0.29, 0.717) is 5.69 Å². The van der Waals surface area contributed by atoms with Crippen LogP contribution in [0.3, 0.4) is 0 Å². The van der Waals surface area contributed by atoms with Gasteiger partial charge in [-0.2, -0.15) is 13.2 Å². The largest absolute Gasteiger partial charge is 0.416 e. The van der Waals surface area contributed by atoms with Gasteiger partial charge in [0.05, 0.1) is 11.3 Å². The number of rotatable bonds is 3. The maximum absolute atomic E-state index is 13.0. The predicted octanol–water partition coefficient (Wildman–Crippen LogP) is 4.43. The van der Waals surface area contributed by atoms with Crippen LogP contribution in [0.4, 0.5) is 28.9 Å². The second-order valence-electron chi connectivity index (χ2n) is 6.20. The monoisotopic (exact) mass is 425 g/mol. The second kappa shape index (κ2) is 8.24. The van der Waals surface area contributed by atoms with E-state index in [-0.39, 0.29) is 17.3 Å². The minimum Gasteiger partial charge on any atom is -0.325 e. The first kappa shape index (κ1) is 20.8. The Morgan fingerprint density at radius 2 is 1.90 bits per heavy atom. The number of thioether (sulfide) groups is 1. The molecule has 1 fully saturated rings. The number of benzene rings is 2. The van der Waals surface area contributed by atoms with Crippen molar-refractivity contribution in [1.29, 1.82) is 0 Å². The van der Waals surface area contributed by atoms with Crippen LogP contribution in [0.2, 0.25) is 0 Å². The number of amidine groups is 1. The highest BCUT2D eigenvalue weighted by Gasteiger charge is 2.34. The van der Waals surface area contributed by atoms with Crippen molar-refractivity contribution in [2.24, 2.45) is 4.99 Å². The molecule has 29 heavy (non-hydrogen) atoms. The number of carbonyl (C=O) groups excluding carboxylic acids is 2. The van der Waals surface area contributed by atoms with Crippen LogP contribution in [0.25, 0.3) is 0 Å². The molecule has 2 aromatic rings. The van der Waals surface area contributed by atoms with E-state index in [1.165, 1.54) is 48.3 Å². The Balaban J connectivity index is 1.80. The lowest BCUT2D eigenvalue weighted by molar-refractivity contribution is -0.137. The molecule has 3 rings (SSSR count). The SMILES string of the molecule is CN1C(=O)CC(C(=O)Nc2ccc(F)cc2)SC1=Nc1cccc(C(F)(F)F)c1. The van der Waals surface area contributed by atoms with Crippen molar-refractivity contribution >= 4 is 40.1 Å². The number of carbonyl (C=O) groups is 2. The van der Waals surface area contributed by atoms with Crippen LogP contribution in [0, 0.1) is 5.82 Å². The molecule has 1 aliphatic heterocycles. The standard InChI is InChI=1S/C19H15F4N3O2S/c1-26-16(27)10-15(17(28)24-13-7-5-12(20)6-8-13)29-18(26)25-14-4-2-3-11(9-14)19(21,22)23/h2-9,15H,10H2,1H3,(H,24,28). The fourth-order valence-electron chi connectivity index (χ4n) is 2.52. The Morgan fingerprint density at radius 1 is 1.21 bits per heavy atom. The van der Waals surface area contributed by atoms with Gasteiger partial charge in [0.2, 0.25) is 11.8 Å². The van der Waals surface area contributed by atoms with E-state index in [0.717, 1.165) is 23.9 Å². The van der Waals surface area contributed by atoms with Crippen LogP contribution in [-0.4, -0.2) is 34.2 Å². The third kappa shape index (κ3) is 5.14. The molecule has 1 aliphatic rings. The van der Waals surface area contributed by atoms with Crippen LogP contribution >= 0.6 is 11.8 Å². The molecule has 0 saturated carbocycles. The molecular weight excluding hydrogens is 410 g/mol. The molecule has 0 aliphatic carbocycles. The molecular formula is C19H15F4N3O2S. The molecule has 1 saturated heterocycles. The number of hydrogen-bond donors (Lipinski definition) is 1. The highest BCUT2D eigenvalue weighted by atomic mass is 32.2. The molecule has 0 radical (unpaired) electrons. The van der Waals surface area contributed by atoms with Crippen molar-refractivity contribution in [3.8, 4) is 0 Å². The van der Waals surface area contributed by atoms with Crippen molar-refractivity contribution in [2.75, 3.05) is 12.4 Å². The summed E-state index contributed by atoms with van der Waals surface area (Å²) >= 11 is 0.970. The maximum atomic E-state index is 13.0. The maximum Gasteiger partial charge on any atom is 0.416 e. The Hall–Kier alpha value is -2.88. The van der Waals surface area contributed by atoms with Gasteiger partial charge in [-0.3, -0.25) is 14.5 Å². The zero-order chi connectivity index (χ0) is 21.2. The fourth-order valence-corrected chi connectivity index (χ4v) is 3.58. The third-order valence-electron chi connectivity index (χ3n) is 4.07. The quantitative estimate of drug-likeness (QED) is 0.740. The van der Waals surface area contributed by atoms with Crippen LogP contribution in [-0.2, 0) is 15.8 Å². The summed E-state index contributed by atoms with van der Waals surface area (Å²) in [5.74, 6) is -1.34. The molecule has 2 aromatic carbocycles. The van der Waals surface area contributed by atoms with Crippen LogP contribution < -0.4 is 5.32 Å². The highest BCUT2D eigenvalue weighted by Crippen LogP contribution is 2.33. The molecule has 5 nitrogen and oxygen atoms in total. The van der Waals surface area contributed by atoms with Gasteiger partial charge in [-0.25, -0.2) is 9.38 Å². The Labute approximate surface area is 167 Å². The first-order chi connectivity index (χ1) is 13.6. The first-order valence-corrected chi connectivity index (χ1v) is 9.27. The average Bonchev–Trinajstić information content (AvgIpc) is 2.66. The summed E-state index contributed by atoms with van der Waals surface area (Å²) in [6, 6.07) is 9.52. The van der Waals surface area contributed by atoms with E-state index in [1.54, 1.807) is 0 Å². The van der Waals surface area contributed by atoms with E-state index in [2.05, 4.69) is 10.3 Å². The lowest BCUT2D eigenvalue weighted by Crippen LogP contribution is -2.43. The number of amides is 2. The molecule has 1 unspecified atom stereocenters. The molecule has 152 valence electrons. The molecule has 1 atom stereocenters. The van der Waals surface area contributed by atoms with Gasteiger partial charge in [0, 0.05) is 19.2 Å². The summed E-state index contributed by atoms with van der Waals surface area (Å²) in [5, 5.41) is 1.87. The molecule has 1 heterocycles. The van der Waals surface area contributed by atoms with Crippen LogP contribution in [0.1, 0.15) is 12.0 Å². The van der Waals surface area contributed by atoms with Crippen molar-refractivity contribution < 1.29 is 27.2 Å². The number of halogens is 4. The first-order valence-electron chi connectivity index (χ1n) is 8.39. The lowest BCUT2D eigenvalue weighted by atomic mass is 10.2. The van der Waals surface area contributed by atoms with Gasteiger partial charge >= 0.3 is 6.18 Å². The van der Waals surface area contributed by atoms with Crippen LogP contribution in [0.15, 0.2) is 53.5 Å². The zero-order valence-corrected chi connectivity index (χ0v) is 15.9. The highest BCUT2D eigenvalue weighted by molar-refractivity contribution is 8.15. The Kier molecular flexibility index (Phi) is 5.92. The Morgan fingerprint density at radius 3 is 2.55 bits per heavy atom. The van der Waals surface area contributed by atoms with Gasteiger partial charge in [0.15, 0.2) is 5.17 Å². The van der Waals surface area contributed by atoms with Crippen molar-refractivity contribution in [1.82, 2.24) is 4.90 Å². The molecule has 0 aromatic heterocycles. The summed E-state index contributed by atoms with van der Waals surface area (Å²) < 4.78 is 51.7. The number of nitrogens with one attached hydrogen (secondary N) is 1. The summed E-state index contributed by atoms with van der Waals surface area (Å²) in [6.45, 7) is 0. The van der Waals surface area contributed by atoms with Crippen molar-refractivity contribution in [3.05, 3.63) is 59.9 Å². The minimum absolute atomic E-state index is 0.0153. The van der Waals surface area contributed by atoms with E-state index in [4.69, 9.17) is 0 Å². The number of alkyl halides is 3. The number of anilines is 1. The summed E-state index contributed by atoms with van der Waals surface area (Å²) in [7, 11) is 1.44. The summed E-state index contributed by atoms with van der Waals surface area (Å²) in [4.78, 5) is 30.1. The number of hydrogen-bond acceptors (Lipinski definition) is 4.